The molecule has 0 spiro atoms. The average Bonchev–Trinajstić information content (AvgIpc) is 3.11. The number of hydrogen-bond acceptors (Lipinski definition) is 5. The Morgan fingerprint density at radius 1 is 1.14 bits per heavy atom. The normalized spacial score (nSPS) is 13.3. The highest BCUT2D eigenvalue weighted by Gasteiger charge is 2.28. The molecule has 6 nitrogen and oxygen atoms in total. The fraction of sp³-hybridized carbons (Fsp3) is 0.263. The summed E-state index contributed by atoms with van der Waals surface area (Å²) in [5.41, 5.74) is 1.78. The van der Waals surface area contributed by atoms with Crippen LogP contribution in [0, 0.1) is 0 Å². The quantitative estimate of drug-likeness (QED) is 0.503. The third-order valence-electron chi connectivity index (χ3n) is 4.44. The van der Waals surface area contributed by atoms with Gasteiger partial charge in [0.05, 0.1) is 22.0 Å². The third-order valence-corrected chi connectivity index (χ3v) is 6.78. The molecule has 0 saturated carbocycles. The van der Waals surface area contributed by atoms with E-state index in [0.717, 1.165) is 5.56 Å². The van der Waals surface area contributed by atoms with Crippen LogP contribution < -0.4 is 4.31 Å². The zero-order valence-corrected chi connectivity index (χ0v) is 17.3. The van der Waals surface area contributed by atoms with Crippen LogP contribution in [0.25, 0.3) is 0 Å². The van der Waals surface area contributed by atoms with Crippen molar-refractivity contribution in [3.05, 3.63) is 63.1 Å². The van der Waals surface area contributed by atoms with Crippen LogP contribution in [0.15, 0.2) is 36.4 Å². The molecule has 0 fully saturated rings. The maximum atomic E-state index is 12.4. The highest BCUT2D eigenvalue weighted by atomic mass is 35.5. The minimum absolute atomic E-state index is 0.00906. The van der Waals surface area contributed by atoms with Crippen LogP contribution in [0.3, 0.4) is 0 Å². The number of halogens is 2. The predicted octanol–water partition coefficient (Wildman–Crippen LogP) is 3.75. The Bertz CT molecular complexity index is 1050. The van der Waals surface area contributed by atoms with E-state index in [9.17, 15) is 18.0 Å². The second-order valence-electron chi connectivity index (χ2n) is 6.19. The van der Waals surface area contributed by atoms with E-state index in [1.54, 1.807) is 25.1 Å². The molecule has 0 aliphatic carbocycles. The highest BCUT2D eigenvalue weighted by molar-refractivity contribution is 7.92. The van der Waals surface area contributed by atoms with E-state index >= 15 is 0 Å². The Hall–Kier alpha value is -2.09. The molecule has 1 heterocycles. The highest BCUT2D eigenvalue weighted by Crippen LogP contribution is 2.31. The number of rotatable bonds is 6. The largest absolute Gasteiger partial charge is 0.454 e. The maximum Gasteiger partial charge on any atom is 0.340 e. The van der Waals surface area contributed by atoms with Crippen molar-refractivity contribution in [2.45, 2.75) is 13.3 Å². The Labute approximate surface area is 173 Å². The molecular formula is C19H17Cl2NO5S. The molecule has 148 valence electrons. The van der Waals surface area contributed by atoms with Gasteiger partial charge in [-0.1, -0.05) is 23.2 Å². The Morgan fingerprint density at radius 2 is 1.89 bits per heavy atom. The number of carbonyl (C=O) groups excluding carboxylic acids is 2. The van der Waals surface area contributed by atoms with Gasteiger partial charge in [0.25, 0.3) is 0 Å². The lowest BCUT2D eigenvalue weighted by molar-refractivity contribution is 0.0475. The first kappa shape index (κ1) is 20.6. The first-order valence-electron chi connectivity index (χ1n) is 8.51. The van der Waals surface area contributed by atoms with E-state index in [2.05, 4.69) is 0 Å². The maximum absolute atomic E-state index is 12.4. The van der Waals surface area contributed by atoms with E-state index in [4.69, 9.17) is 27.9 Å². The molecule has 0 atom stereocenters. The molecule has 0 N–H and O–H groups in total. The molecule has 2 aromatic rings. The Balaban J connectivity index is 1.71. The minimum Gasteiger partial charge on any atom is -0.454 e. The number of sulfonamides is 1. The van der Waals surface area contributed by atoms with Gasteiger partial charge in [-0.3, -0.25) is 9.10 Å². The monoisotopic (exact) mass is 441 g/mol. The summed E-state index contributed by atoms with van der Waals surface area (Å²) in [6, 6.07) is 9.17. The number of ketones is 1. The van der Waals surface area contributed by atoms with Crippen molar-refractivity contribution in [1.82, 2.24) is 0 Å². The summed E-state index contributed by atoms with van der Waals surface area (Å²) in [6.45, 7) is 1.48. The number of ether oxygens (including phenoxy) is 1. The predicted molar refractivity (Wildman–Crippen MR) is 108 cm³/mol. The standard InChI is InChI=1S/C19H17Cl2NO5S/c1-2-28(25,26)22-8-7-12-9-13(3-6-17(12)22)18(23)11-27-19(24)15-10-14(20)4-5-16(15)21/h3-6,9-10H,2,7-8,11H2,1H3. The Kier molecular flexibility index (Phi) is 5.98. The molecule has 9 heteroatoms. The number of carbonyl (C=O) groups is 2. The summed E-state index contributed by atoms with van der Waals surface area (Å²) >= 11 is 11.8. The minimum atomic E-state index is -3.35. The van der Waals surface area contributed by atoms with Crippen molar-refractivity contribution in [2.24, 2.45) is 0 Å². The van der Waals surface area contributed by atoms with Gasteiger partial charge in [-0.15, -0.1) is 0 Å². The van der Waals surface area contributed by atoms with Crippen molar-refractivity contribution in [3.63, 3.8) is 0 Å². The van der Waals surface area contributed by atoms with Gasteiger partial charge in [0.15, 0.2) is 12.4 Å². The second-order valence-corrected chi connectivity index (χ2v) is 9.22. The molecule has 0 amide bonds. The number of nitrogens with zero attached hydrogens (tertiary/aromatic N) is 1. The van der Waals surface area contributed by atoms with Crippen LogP contribution in [-0.4, -0.2) is 39.1 Å². The van der Waals surface area contributed by atoms with Crippen molar-refractivity contribution in [3.8, 4) is 0 Å². The topological polar surface area (TPSA) is 80.8 Å². The van der Waals surface area contributed by atoms with Crippen LogP contribution in [0.5, 0.6) is 0 Å². The lowest BCUT2D eigenvalue weighted by atomic mass is 10.1. The van der Waals surface area contributed by atoms with Crippen LogP contribution in [0.1, 0.15) is 33.2 Å². The van der Waals surface area contributed by atoms with Crippen molar-refractivity contribution < 1.29 is 22.7 Å². The van der Waals surface area contributed by atoms with E-state index in [1.165, 1.54) is 22.5 Å². The van der Waals surface area contributed by atoms with Gasteiger partial charge in [-0.25, -0.2) is 13.2 Å². The molecule has 28 heavy (non-hydrogen) atoms. The molecule has 1 aliphatic heterocycles. The van der Waals surface area contributed by atoms with Gasteiger partial charge < -0.3 is 4.74 Å². The van der Waals surface area contributed by atoms with Crippen LogP contribution in [0.4, 0.5) is 5.69 Å². The summed E-state index contributed by atoms with van der Waals surface area (Å²) < 4.78 is 30.7. The van der Waals surface area contributed by atoms with E-state index in [0.29, 0.717) is 29.2 Å². The Morgan fingerprint density at radius 3 is 2.61 bits per heavy atom. The van der Waals surface area contributed by atoms with Gasteiger partial charge in [0.1, 0.15) is 0 Å². The van der Waals surface area contributed by atoms with E-state index in [1.807, 2.05) is 0 Å². The molecular weight excluding hydrogens is 425 g/mol. The van der Waals surface area contributed by atoms with Crippen molar-refractivity contribution >= 4 is 50.7 Å². The fourth-order valence-corrected chi connectivity index (χ4v) is 4.46. The molecule has 0 aromatic heterocycles. The van der Waals surface area contributed by atoms with Crippen molar-refractivity contribution in [1.29, 1.82) is 0 Å². The first-order valence-corrected chi connectivity index (χ1v) is 10.9. The zero-order chi connectivity index (χ0) is 20.5. The zero-order valence-electron chi connectivity index (χ0n) is 14.9. The molecule has 3 rings (SSSR count). The van der Waals surface area contributed by atoms with Crippen LogP contribution in [0.2, 0.25) is 10.0 Å². The lowest BCUT2D eigenvalue weighted by Gasteiger charge is -2.18. The van der Waals surface area contributed by atoms with E-state index in [-0.39, 0.29) is 16.3 Å². The summed E-state index contributed by atoms with van der Waals surface area (Å²) in [4.78, 5) is 24.5. The van der Waals surface area contributed by atoms with Gasteiger partial charge in [-0.05, 0) is 55.3 Å². The molecule has 0 bridgehead atoms. The number of anilines is 1. The average molecular weight is 442 g/mol. The lowest BCUT2D eigenvalue weighted by Crippen LogP contribution is -2.30. The van der Waals surface area contributed by atoms with Gasteiger partial charge in [0.2, 0.25) is 10.0 Å². The number of esters is 1. The number of benzene rings is 2. The SMILES string of the molecule is CCS(=O)(=O)N1CCc2cc(C(=O)COC(=O)c3cc(Cl)ccc3Cl)ccc21. The number of fused-ring (bicyclic) bond motifs is 1. The van der Waals surface area contributed by atoms with E-state index < -0.39 is 28.4 Å². The summed E-state index contributed by atoms with van der Waals surface area (Å²) in [7, 11) is -3.35. The smallest absolute Gasteiger partial charge is 0.340 e. The summed E-state index contributed by atoms with van der Waals surface area (Å²) in [5.74, 6) is -1.14. The van der Waals surface area contributed by atoms with Crippen LogP contribution in [-0.2, 0) is 21.2 Å². The molecule has 0 unspecified atom stereocenters. The fourth-order valence-electron chi connectivity index (χ4n) is 2.94. The van der Waals surface area contributed by atoms with Crippen LogP contribution >= 0.6 is 23.2 Å². The molecule has 0 saturated heterocycles. The number of hydrogen-bond donors (Lipinski definition) is 0. The summed E-state index contributed by atoms with van der Waals surface area (Å²) in [6.07, 6.45) is 0.521. The first-order chi connectivity index (χ1) is 13.2. The van der Waals surface area contributed by atoms with Gasteiger partial charge >= 0.3 is 5.97 Å². The molecule has 0 radical (unpaired) electrons. The van der Waals surface area contributed by atoms with Gasteiger partial charge in [-0.2, -0.15) is 0 Å². The summed E-state index contributed by atoms with van der Waals surface area (Å²) in [5, 5.41) is 0.504. The number of Topliss-reactive ketones (excluding diaryl/α,β-unsaturated/α-hetero) is 1. The second kappa shape index (κ2) is 8.11. The molecule has 1 aliphatic rings. The van der Waals surface area contributed by atoms with Gasteiger partial charge in [0, 0.05) is 17.1 Å². The van der Waals surface area contributed by atoms with Crippen molar-refractivity contribution in [2.75, 3.05) is 23.2 Å². The third kappa shape index (κ3) is 4.16. The molecule has 2 aromatic carbocycles.